The lowest BCUT2D eigenvalue weighted by Gasteiger charge is -2.12. The van der Waals surface area contributed by atoms with Gasteiger partial charge in [-0.25, -0.2) is 0 Å². The first-order valence-corrected chi connectivity index (χ1v) is 4.06. The van der Waals surface area contributed by atoms with Gasteiger partial charge in [-0.3, -0.25) is 10.1 Å². The van der Waals surface area contributed by atoms with Crippen LogP contribution in [-0.4, -0.2) is 11.5 Å². The Labute approximate surface area is 65.2 Å². The zero-order valence-corrected chi connectivity index (χ0v) is 6.27. The van der Waals surface area contributed by atoms with E-state index in [1.54, 1.807) is 0 Å². The van der Waals surface area contributed by atoms with Crippen LogP contribution in [0.5, 0.6) is 0 Å². The van der Waals surface area contributed by atoms with Gasteiger partial charge < -0.3 is 0 Å². The maximum atomic E-state index is 10.2. The largest absolute Gasteiger partial charge is 0.265 e. The number of hydrogen-bond acceptors (Lipinski definition) is 2. The number of rotatable bonds is 2. The summed E-state index contributed by atoms with van der Waals surface area (Å²) in [6, 6.07) is 0. The van der Waals surface area contributed by atoms with Crippen molar-refractivity contribution in [3.8, 4) is 0 Å². The highest BCUT2D eigenvalue weighted by atomic mass is 16.6. The molecule has 0 amide bonds. The maximum absolute atomic E-state index is 10.2. The third-order valence-electron chi connectivity index (χ3n) is 2.80. The van der Waals surface area contributed by atoms with Crippen molar-refractivity contribution in [3.05, 3.63) is 22.3 Å². The Hall–Kier alpha value is -0.860. The smallest absolute Gasteiger partial charge is 0.207 e. The minimum Gasteiger partial charge on any atom is -0.265 e. The van der Waals surface area contributed by atoms with Crippen LogP contribution in [0.1, 0.15) is 12.8 Å². The minimum absolute atomic E-state index is 0.172. The van der Waals surface area contributed by atoms with Gasteiger partial charge in [0.05, 0.1) is 0 Å². The fraction of sp³-hybridized carbons (Fsp3) is 0.750. The van der Waals surface area contributed by atoms with Crippen LogP contribution in [0.3, 0.4) is 0 Å². The van der Waals surface area contributed by atoms with Crippen LogP contribution in [0.25, 0.3) is 0 Å². The van der Waals surface area contributed by atoms with Crippen LogP contribution in [0.4, 0.5) is 0 Å². The molecule has 0 spiro atoms. The standard InChI is InChI=1S/C8H11NO2/c10-9(11)5-8-4-6-1-2-7(8)3-6/h1-2,6-8H,3-5H2. The number of allylic oxidation sites excluding steroid dienone is 2. The van der Waals surface area contributed by atoms with E-state index < -0.39 is 0 Å². The molecule has 0 heterocycles. The molecule has 1 saturated carbocycles. The predicted octanol–water partition coefficient (Wildman–Crippen LogP) is 1.48. The second kappa shape index (κ2) is 2.32. The molecule has 0 aromatic heterocycles. The molecule has 11 heavy (non-hydrogen) atoms. The molecule has 2 rings (SSSR count). The summed E-state index contributed by atoms with van der Waals surface area (Å²) in [5.74, 6) is 1.51. The van der Waals surface area contributed by atoms with Crippen LogP contribution in [-0.2, 0) is 0 Å². The average Bonchev–Trinajstić information content (AvgIpc) is 2.45. The third kappa shape index (κ3) is 1.15. The SMILES string of the molecule is O=[N+]([O-])CC1CC2C=CC1C2. The van der Waals surface area contributed by atoms with Gasteiger partial charge >= 0.3 is 0 Å². The third-order valence-corrected chi connectivity index (χ3v) is 2.80. The van der Waals surface area contributed by atoms with Crippen molar-refractivity contribution >= 4 is 0 Å². The Kier molecular flexibility index (Phi) is 1.44. The molecule has 2 aliphatic carbocycles. The molecule has 0 radical (unpaired) electrons. The van der Waals surface area contributed by atoms with Crippen molar-refractivity contribution in [2.45, 2.75) is 12.8 Å². The van der Waals surface area contributed by atoms with Gasteiger partial charge in [0.2, 0.25) is 6.54 Å². The molecule has 0 aromatic rings. The highest BCUT2D eigenvalue weighted by Crippen LogP contribution is 2.43. The van der Waals surface area contributed by atoms with Crippen LogP contribution < -0.4 is 0 Å². The van der Waals surface area contributed by atoms with Crippen molar-refractivity contribution in [3.63, 3.8) is 0 Å². The molecule has 0 saturated heterocycles. The van der Waals surface area contributed by atoms with E-state index in [4.69, 9.17) is 0 Å². The fourth-order valence-corrected chi connectivity index (χ4v) is 2.30. The highest BCUT2D eigenvalue weighted by molar-refractivity contribution is 5.09. The van der Waals surface area contributed by atoms with Gasteiger partial charge in [0.15, 0.2) is 0 Å². The Morgan fingerprint density at radius 2 is 2.27 bits per heavy atom. The quantitative estimate of drug-likeness (QED) is 0.342. The maximum Gasteiger partial charge on any atom is 0.207 e. The first kappa shape index (κ1) is 6.83. The first-order valence-electron chi connectivity index (χ1n) is 4.06. The summed E-state index contributed by atoms with van der Waals surface area (Å²) >= 11 is 0. The van der Waals surface area contributed by atoms with Crippen LogP contribution in [0, 0.1) is 27.9 Å². The monoisotopic (exact) mass is 153 g/mol. The summed E-state index contributed by atoms with van der Waals surface area (Å²) in [7, 11) is 0. The second-order valence-electron chi connectivity index (χ2n) is 3.56. The van der Waals surface area contributed by atoms with E-state index in [1.807, 2.05) is 0 Å². The Morgan fingerprint density at radius 1 is 1.45 bits per heavy atom. The minimum atomic E-state index is -0.181. The zero-order chi connectivity index (χ0) is 7.84. The van der Waals surface area contributed by atoms with E-state index in [2.05, 4.69) is 12.2 Å². The zero-order valence-electron chi connectivity index (χ0n) is 6.27. The van der Waals surface area contributed by atoms with Crippen LogP contribution >= 0.6 is 0 Å². The number of nitrogens with zero attached hydrogens (tertiary/aromatic N) is 1. The summed E-state index contributed by atoms with van der Waals surface area (Å²) in [4.78, 5) is 10.0. The number of nitro groups is 1. The summed E-state index contributed by atoms with van der Waals surface area (Å²) in [5.41, 5.74) is 0. The van der Waals surface area contributed by atoms with Crippen molar-refractivity contribution in [1.82, 2.24) is 0 Å². The molecule has 0 aliphatic heterocycles. The topological polar surface area (TPSA) is 43.1 Å². The van der Waals surface area contributed by atoms with E-state index in [0.29, 0.717) is 17.8 Å². The molecule has 3 heteroatoms. The van der Waals surface area contributed by atoms with Crippen molar-refractivity contribution < 1.29 is 4.92 Å². The van der Waals surface area contributed by atoms with Gasteiger partial charge in [-0.2, -0.15) is 0 Å². The Morgan fingerprint density at radius 3 is 2.73 bits per heavy atom. The van der Waals surface area contributed by atoms with E-state index in [-0.39, 0.29) is 11.5 Å². The summed E-state index contributed by atoms with van der Waals surface area (Å²) in [5, 5.41) is 10.2. The molecule has 60 valence electrons. The normalized spacial score (nSPS) is 39.8. The van der Waals surface area contributed by atoms with Crippen molar-refractivity contribution in [2.75, 3.05) is 6.54 Å². The molecule has 3 atom stereocenters. The molecular weight excluding hydrogens is 142 g/mol. The molecule has 0 aromatic carbocycles. The van der Waals surface area contributed by atoms with Crippen molar-refractivity contribution in [1.29, 1.82) is 0 Å². The predicted molar refractivity (Wildman–Crippen MR) is 40.7 cm³/mol. The highest BCUT2D eigenvalue weighted by Gasteiger charge is 2.38. The van der Waals surface area contributed by atoms with Gasteiger partial charge in [-0.05, 0) is 24.7 Å². The number of fused-ring (bicyclic) bond motifs is 2. The Bertz CT molecular complexity index is 212. The molecule has 2 aliphatic rings. The fourth-order valence-electron chi connectivity index (χ4n) is 2.30. The lowest BCUT2D eigenvalue weighted by atomic mass is 9.94. The lowest BCUT2D eigenvalue weighted by Crippen LogP contribution is -2.17. The molecular formula is C8H11NO2. The van der Waals surface area contributed by atoms with Gasteiger partial charge in [0, 0.05) is 10.8 Å². The molecule has 3 nitrogen and oxygen atoms in total. The molecule has 3 unspecified atom stereocenters. The van der Waals surface area contributed by atoms with Gasteiger partial charge in [-0.1, -0.05) is 12.2 Å². The Balaban J connectivity index is 1.98. The number of hydrogen-bond donors (Lipinski definition) is 0. The van der Waals surface area contributed by atoms with Crippen molar-refractivity contribution in [2.24, 2.45) is 17.8 Å². The molecule has 1 fully saturated rings. The summed E-state index contributed by atoms with van der Waals surface area (Å²) in [6.07, 6.45) is 6.57. The van der Waals surface area contributed by atoms with Crippen LogP contribution in [0.2, 0.25) is 0 Å². The van der Waals surface area contributed by atoms with E-state index in [0.717, 1.165) is 6.42 Å². The van der Waals surface area contributed by atoms with E-state index in [1.165, 1.54) is 6.42 Å². The van der Waals surface area contributed by atoms with Gasteiger partial charge in [0.25, 0.3) is 0 Å². The average molecular weight is 153 g/mol. The molecule has 2 bridgehead atoms. The molecule has 0 N–H and O–H groups in total. The summed E-state index contributed by atoms with van der Waals surface area (Å²) < 4.78 is 0. The lowest BCUT2D eigenvalue weighted by molar-refractivity contribution is -0.489. The second-order valence-corrected chi connectivity index (χ2v) is 3.56. The van der Waals surface area contributed by atoms with E-state index in [9.17, 15) is 10.1 Å². The van der Waals surface area contributed by atoms with Gasteiger partial charge in [-0.15, -0.1) is 0 Å². The van der Waals surface area contributed by atoms with Crippen LogP contribution in [0.15, 0.2) is 12.2 Å². The van der Waals surface area contributed by atoms with E-state index >= 15 is 0 Å². The first-order chi connectivity index (χ1) is 5.25. The van der Waals surface area contributed by atoms with Gasteiger partial charge in [0.1, 0.15) is 0 Å². The summed E-state index contributed by atoms with van der Waals surface area (Å²) in [6.45, 7) is 0.172.